The van der Waals surface area contributed by atoms with Gasteiger partial charge in [-0.25, -0.2) is 4.99 Å². The molecule has 0 aromatic heterocycles. The highest BCUT2D eigenvalue weighted by molar-refractivity contribution is 6.06. The second kappa shape index (κ2) is 6.07. The maximum atomic E-state index is 13.4. The summed E-state index contributed by atoms with van der Waals surface area (Å²) in [5.41, 5.74) is -1.01. The average molecular weight is 321 g/mol. The van der Waals surface area contributed by atoms with Gasteiger partial charge in [0.15, 0.2) is 5.71 Å². The molecule has 0 unspecified atom stereocenters. The smallest absolute Gasteiger partial charge is 0.433 e. The van der Waals surface area contributed by atoms with Crippen molar-refractivity contribution in [1.82, 2.24) is 0 Å². The molecule has 2 aromatic carbocycles. The number of aliphatic imine (C=N–C) groups is 1. The largest absolute Gasteiger partial charge is 0.506 e. The van der Waals surface area contributed by atoms with Gasteiger partial charge in [0.05, 0.1) is 0 Å². The fourth-order valence-corrected chi connectivity index (χ4v) is 2.25. The summed E-state index contributed by atoms with van der Waals surface area (Å²) in [6.45, 7) is 5.57. The standard InChI is InChI=1S/C18H18F3NO/c1-17(2,3)13-10-7-11-14(23)15(13)22-16(18(19,20)21)12-8-5-4-6-9-12/h4-11,23H,1-3H3. The van der Waals surface area contributed by atoms with Gasteiger partial charge in [0.1, 0.15) is 11.4 Å². The van der Waals surface area contributed by atoms with E-state index in [1.165, 1.54) is 30.3 Å². The van der Waals surface area contributed by atoms with Gasteiger partial charge in [-0.1, -0.05) is 63.2 Å². The van der Waals surface area contributed by atoms with Gasteiger partial charge in [0.2, 0.25) is 0 Å². The number of para-hydroxylation sites is 1. The molecule has 23 heavy (non-hydrogen) atoms. The molecule has 0 spiro atoms. The van der Waals surface area contributed by atoms with Gasteiger partial charge in [-0.2, -0.15) is 13.2 Å². The van der Waals surface area contributed by atoms with Crippen LogP contribution in [0.2, 0.25) is 0 Å². The Balaban J connectivity index is 2.71. The third kappa shape index (κ3) is 3.92. The lowest BCUT2D eigenvalue weighted by atomic mass is 9.85. The molecule has 0 radical (unpaired) electrons. The number of rotatable bonds is 2. The second-order valence-electron chi connectivity index (χ2n) is 6.25. The van der Waals surface area contributed by atoms with E-state index in [4.69, 9.17) is 0 Å². The van der Waals surface area contributed by atoms with Crippen molar-refractivity contribution in [1.29, 1.82) is 0 Å². The first-order valence-electron chi connectivity index (χ1n) is 7.14. The second-order valence-corrected chi connectivity index (χ2v) is 6.25. The number of aromatic hydroxyl groups is 1. The van der Waals surface area contributed by atoms with Crippen molar-refractivity contribution in [2.75, 3.05) is 0 Å². The molecule has 0 aliphatic carbocycles. The summed E-state index contributed by atoms with van der Waals surface area (Å²) < 4.78 is 40.3. The van der Waals surface area contributed by atoms with Crippen LogP contribution in [-0.4, -0.2) is 17.0 Å². The van der Waals surface area contributed by atoms with Crippen molar-refractivity contribution in [3.05, 3.63) is 59.7 Å². The van der Waals surface area contributed by atoms with Crippen LogP contribution in [0.1, 0.15) is 31.9 Å². The lowest BCUT2D eigenvalue weighted by molar-refractivity contribution is -0.0579. The van der Waals surface area contributed by atoms with Crippen molar-refractivity contribution in [2.24, 2.45) is 4.99 Å². The molecule has 2 aromatic rings. The summed E-state index contributed by atoms with van der Waals surface area (Å²) in [5.74, 6) is -0.268. The Morgan fingerprint density at radius 1 is 0.913 bits per heavy atom. The molecule has 0 aliphatic rings. The highest BCUT2D eigenvalue weighted by atomic mass is 19.4. The highest BCUT2D eigenvalue weighted by Gasteiger charge is 2.37. The molecule has 0 amide bonds. The Morgan fingerprint density at radius 2 is 1.52 bits per heavy atom. The van der Waals surface area contributed by atoms with Gasteiger partial charge in [0.25, 0.3) is 0 Å². The molecule has 0 bridgehead atoms. The van der Waals surface area contributed by atoms with Gasteiger partial charge in [-0.3, -0.25) is 0 Å². The summed E-state index contributed by atoms with van der Waals surface area (Å²) >= 11 is 0. The zero-order chi connectivity index (χ0) is 17.3. The normalized spacial score (nSPS) is 13.2. The minimum absolute atomic E-state index is 0.0388. The first-order valence-corrected chi connectivity index (χ1v) is 7.14. The Morgan fingerprint density at radius 3 is 2.04 bits per heavy atom. The maximum absolute atomic E-state index is 13.4. The fraction of sp³-hybridized carbons (Fsp3) is 0.278. The van der Waals surface area contributed by atoms with Crippen molar-refractivity contribution in [3.63, 3.8) is 0 Å². The van der Waals surface area contributed by atoms with Crippen LogP contribution >= 0.6 is 0 Å². The third-order valence-corrected chi connectivity index (χ3v) is 3.36. The quantitative estimate of drug-likeness (QED) is 0.741. The zero-order valence-electron chi connectivity index (χ0n) is 13.1. The van der Waals surface area contributed by atoms with Crippen molar-refractivity contribution >= 4 is 11.4 Å². The molecule has 2 nitrogen and oxygen atoms in total. The highest BCUT2D eigenvalue weighted by Crippen LogP contribution is 2.39. The van der Waals surface area contributed by atoms with Crippen LogP contribution in [-0.2, 0) is 5.41 Å². The van der Waals surface area contributed by atoms with Gasteiger partial charge in [0, 0.05) is 5.56 Å². The van der Waals surface area contributed by atoms with E-state index in [9.17, 15) is 18.3 Å². The fourth-order valence-electron chi connectivity index (χ4n) is 2.25. The molecule has 0 atom stereocenters. The summed E-state index contributed by atoms with van der Waals surface area (Å²) in [6, 6.07) is 12.0. The minimum atomic E-state index is -4.63. The number of nitrogens with zero attached hydrogens (tertiary/aromatic N) is 1. The van der Waals surface area contributed by atoms with Crippen LogP contribution in [0.5, 0.6) is 5.75 Å². The number of phenols is 1. The van der Waals surface area contributed by atoms with Crippen LogP contribution < -0.4 is 0 Å². The first-order chi connectivity index (χ1) is 10.6. The molecule has 0 saturated heterocycles. The summed E-state index contributed by atoms with van der Waals surface area (Å²) in [5, 5.41) is 10.0. The van der Waals surface area contributed by atoms with Crippen LogP contribution in [0.25, 0.3) is 0 Å². The van der Waals surface area contributed by atoms with Crippen molar-refractivity contribution in [3.8, 4) is 5.75 Å². The van der Waals surface area contributed by atoms with Gasteiger partial charge in [-0.15, -0.1) is 0 Å². The summed E-state index contributed by atoms with van der Waals surface area (Å²) in [6.07, 6.45) is -4.63. The molecule has 2 rings (SSSR count). The number of halogens is 3. The molecule has 0 heterocycles. The summed E-state index contributed by atoms with van der Waals surface area (Å²) in [4.78, 5) is 3.81. The van der Waals surface area contributed by atoms with E-state index in [-0.39, 0.29) is 17.0 Å². The topological polar surface area (TPSA) is 32.6 Å². The van der Waals surface area contributed by atoms with Crippen LogP contribution in [0, 0.1) is 0 Å². The van der Waals surface area contributed by atoms with Gasteiger partial charge < -0.3 is 5.11 Å². The maximum Gasteiger partial charge on any atom is 0.433 e. The Hall–Kier alpha value is -2.30. The van der Waals surface area contributed by atoms with E-state index in [0.717, 1.165) is 0 Å². The van der Waals surface area contributed by atoms with Crippen LogP contribution in [0.15, 0.2) is 53.5 Å². The third-order valence-electron chi connectivity index (χ3n) is 3.36. The van der Waals surface area contributed by atoms with Crippen LogP contribution in [0.3, 0.4) is 0 Å². The lowest BCUT2D eigenvalue weighted by Gasteiger charge is -2.22. The van der Waals surface area contributed by atoms with E-state index in [1.807, 2.05) is 20.8 Å². The predicted molar refractivity (Wildman–Crippen MR) is 85.5 cm³/mol. The van der Waals surface area contributed by atoms with E-state index in [1.54, 1.807) is 18.2 Å². The molecule has 1 N–H and O–H groups in total. The van der Waals surface area contributed by atoms with E-state index in [2.05, 4.69) is 4.99 Å². The monoisotopic (exact) mass is 321 g/mol. The number of hydrogen-bond acceptors (Lipinski definition) is 2. The molecule has 0 saturated carbocycles. The van der Waals surface area contributed by atoms with E-state index in [0.29, 0.717) is 5.56 Å². The summed E-state index contributed by atoms with van der Waals surface area (Å²) in [7, 11) is 0. The first kappa shape index (κ1) is 17.1. The van der Waals surface area contributed by atoms with Crippen molar-refractivity contribution in [2.45, 2.75) is 32.4 Å². The average Bonchev–Trinajstić information content (AvgIpc) is 2.44. The number of alkyl halides is 3. The SMILES string of the molecule is CC(C)(C)c1cccc(O)c1N=C(c1ccccc1)C(F)(F)F. The Labute approximate surface area is 133 Å². The number of hydrogen-bond donors (Lipinski definition) is 1. The Kier molecular flexibility index (Phi) is 4.50. The van der Waals surface area contributed by atoms with Crippen LogP contribution in [0.4, 0.5) is 18.9 Å². The molecule has 0 fully saturated rings. The van der Waals surface area contributed by atoms with Gasteiger partial charge >= 0.3 is 6.18 Å². The Bertz CT molecular complexity index is 713. The molecule has 122 valence electrons. The van der Waals surface area contributed by atoms with Gasteiger partial charge in [-0.05, 0) is 17.0 Å². The van der Waals surface area contributed by atoms with E-state index < -0.39 is 17.3 Å². The molecule has 5 heteroatoms. The predicted octanol–water partition coefficient (Wildman–Crippen LogP) is 5.37. The zero-order valence-corrected chi connectivity index (χ0v) is 13.1. The lowest BCUT2D eigenvalue weighted by Crippen LogP contribution is -2.24. The minimum Gasteiger partial charge on any atom is -0.506 e. The van der Waals surface area contributed by atoms with Crippen molar-refractivity contribution < 1.29 is 18.3 Å². The number of phenolic OH excluding ortho intramolecular Hbond substituents is 1. The number of benzene rings is 2. The molecular weight excluding hydrogens is 303 g/mol. The molecule has 0 aliphatic heterocycles. The van der Waals surface area contributed by atoms with E-state index >= 15 is 0 Å². The molecular formula is C18H18F3NO.